The molecule has 0 radical (unpaired) electrons. The number of carbonyl (C=O) groups is 3. The Morgan fingerprint density at radius 3 is 2.56 bits per heavy atom. The van der Waals surface area contributed by atoms with Crippen molar-refractivity contribution in [2.24, 2.45) is 0 Å². The molecule has 3 N–H and O–H groups in total. The SMILES string of the molecule is COc1cccc(-c2csc(NC(=O)CSc3ccc(NC(=O)CCC(=O)O)cc3)n2)c1. The topological polar surface area (TPSA) is 118 Å². The van der Waals surface area contributed by atoms with Gasteiger partial charge in [0.2, 0.25) is 11.8 Å². The van der Waals surface area contributed by atoms with Gasteiger partial charge in [-0.15, -0.1) is 23.1 Å². The van der Waals surface area contributed by atoms with E-state index in [1.165, 1.54) is 23.1 Å². The average Bonchev–Trinajstić information content (AvgIpc) is 3.25. The monoisotopic (exact) mass is 471 g/mol. The highest BCUT2D eigenvalue weighted by atomic mass is 32.2. The van der Waals surface area contributed by atoms with E-state index >= 15 is 0 Å². The molecule has 166 valence electrons. The predicted molar refractivity (Wildman–Crippen MR) is 125 cm³/mol. The Labute approximate surface area is 193 Å². The van der Waals surface area contributed by atoms with Crippen LogP contribution in [0.15, 0.2) is 58.8 Å². The van der Waals surface area contributed by atoms with Crippen LogP contribution >= 0.6 is 23.1 Å². The van der Waals surface area contributed by atoms with Crippen molar-refractivity contribution >= 4 is 51.7 Å². The molecule has 0 saturated carbocycles. The normalized spacial score (nSPS) is 10.4. The molecule has 3 rings (SSSR count). The number of carboxylic acids is 1. The van der Waals surface area contributed by atoms with Gasteiger partial charge < -0.3 is 20.5 Å². The van der Waals surface area contributed by atoms with Gasteiger partial charge in [-0.3, -0.25) is 14.4 Å². The molecule has 1 heterocycles. The number of anilines is 2. The van der Waals surface area contributed by atoms with Crippen LogP contribution in [0, 0.1) is 0 Å². The molecule has 0 atom stereocenters. The maximum absolute atomic E-state index is 12.3. The Kier molecular flexibility index (Phi) is 8.23. The lowest BCUT2D eigenvalue weighted by Crippen LogP contribution is -2.14. The Morgan fingerprint density at radius 2 is 1.84 bits per heavy atom. The smallest absolute Gasteiger partial charge is 0.303 e. The van der Waals surface area contributed by atoms with Crippen LogP contribution in [-0.4, -0.2) is 40.7 Å². The summed E-state index contributed by atoms with van der Waals surface area (Å²) >= 11 is 2.71. The molecule has 1 aromatic heterocycles. The lowest BCUT2D eigenvalue weighted by molar-refractivity contribution is -0.138. The van der Waals surface area contributed by atoms with Gasteiger partial charge in [0.05, 0.1) is 25.0 Å². The first-order valence-electron chi connectivity index (χ1n) is 9.57. The fraction of sp³-hybridized carbons (Fsp3) is 0.182. The molecule has 0 bridgehead atoms. The highest BCUT2D eigenvalue weighted by Crippen LogP contribution is 2.28. The van der Waals surface area contributed by atoms with Crippen molar-refractivity contribution in [2.45, 2.75) is 17.7 Å². The van der Waals surface area contributed by atoms with Gasteiger partial charge in [-0.25, -0.2) is 4.98 Å². The van der Waals surface area contributed by atoms with E-state index in [0.29, 0.717) is 10.8 Å². The van der Waals surface area contributed by atoms with Gasteiger partial charge in [-0.05, 0) is 36.4 Å². The van der Waals surface area contributed by atoms with Crippen molar-refractivity contribution in [1.82, 2.24) is 4.98 Å². The molecule has 3 aromatic rings. The minimum atomic E-state index is -1.01. The van der Waals surface area contributed by atoms with Gasteiger partial charge in [0.1, 0.15) is 5.75 Å². The lowest BCUT2D eigenvalue weighted by Gasteiger charge is -2.06. The second-order valence-electron chi connectivity index (χ2n) is 6.57. The number of aliphatic carboxylic acids is 1. The Bertz CT molecular complexity index is 1100. The van der Waals surface area contributed by atoms with Crippen LogP contribution in [0.2, 0.25) is 0 Å². The largest absolute Gasteiger partial charge is 0.497 e. The maximum atomic E-state index is 12.3. The van der Waals surface area contributed by atoms with Crippen LogP contribution < -0.4 is 15.4 Å². The summed E-state index contributed by atoms with van der Waals surface area (Å²) in [6.07, 6.45) is -0.294. The maximum Gasteiger partial charge on any atom is 0.303 e. The number of methoxy groups -OCH3 is 1. The van der Waals surface area contributed by atoms with Crippen molar-refractivity contribution in [3.63, 3.8) is 0 Å². The van der Waals surface area contributed by atoms with Crippen LogP contribution in [0.5, 0.6) is 5.75 Å². The van der Waals surface area contributed by atoms with E-state index in [2.05, 4.69) is 15.6 Å². The number of ether oxygens (including phenoxy) is 1. The summed E-state index contributed by atoms with van der Waals surface area (Å²) in [4.78, 5) is 39.8. The Morgan fingerprint density at radius 1 is 1.06 bits per heavy atom. The van der Waals surface area contributed by atoms with E-state index in [9.17, 15) is 14.4 Å². The zero-order valence-corrected chi connectivity index (χ0v) is 18.8. The van der Waals surface area contributed by atoms with Crippen molar-refractivity contribution in [1.29, 1.82) is 0 Å². The van der Waals surface area contributed by atoms with E-state index < -0.39 is 5.97 Å². The Hall–Kier alpha value is -3.37. The van der Waals surface area contributed by atoms with Gasteiger partial charge >= 0.3 is 5.97 Å². The summed E-state index contributed by atoms with van der Waals surface area (Å²) in [5, 5.41) is 16.5. The fourth-order valence-corrected chi connectivity index (χ4v) is 4.06. The summed E-state index contributed by atoms with van der Waals surface area (Å²) in [7, 11) is 1.61. The first-order chi connectivity index (χ1) is 15.4. The number of thioether (sulfide) groups is 1. The minimum Gasteiger partial charge on any atom is -0.497 e. The molecule has 0 fully saturated rings. The van der Waals surface area contributed by atoms with Crippen molar-refractivity contribution in [3.8, 4) is 17.0 Å². The molecule has 0 aliphatic carbocycles. The molecule has 8 nitrogen and oxygen atoms in total. The van der Waals surface area contributed by atoms with Crippen LogP contribution in [0.4, 0.5) is 10.8 Å². The highest BCUT2D eigenvalue weighted by molar-refractivity contribution is 8.00. The minimum absolute atomic E-state index is 0.0811. The number of carbonyl (C=O) groups excluding carboxylic acids is 2. The third-order valence-corrected chi connectivity index (χ3v) is 5.96. The van der Waals surface area contributed by atoms with Gasteiger partial charge in [0.15, 0.2) is 5.13 Å². The number of benzene rings is 2. The van der Waals surface area contributed by atoms with Crippen LogP contribution in [0.3, 0.4) is 0 Å². The quantitative estimate of drug-likeness (QED) is 0.376. The number of thiazole rings is 1. The van der Waals surface area contributed by atoms with Gasteiger partial charge in [0.25, 0.3) is 0 Å². The molecule has 0 spiro atoms. The van der Waals surface area contributed by atoms with E-state index in [0.717, 1.165) is 21.9 Å². The second-order valence-corrected chi connectivity index (χ2v) is 8.48. The van der Waals surface area contributed by atoms with Crippen molar-refractivity contribution < 1.29 is 24.2 Å². The Balaban J connectivity index is 1.47. The molecular weight excluding hydrogens is 450 g/mol. The molecular formula is C22H21N3O5S2. The molecule has 32 heavy (non-hydrogen) atoms. The average molecular weight is 472 g/mol. The van der Waals surface area contributed by atoms with Crippen LogP contribution in [0.25, 0.3) is 11.3 Å². The summed E-state index contributed by atoms with van der Waals surface area (Å²) in [6.45, 7) is 0. The third kappa shape index (κ3) is 7.10. The summed E-state index contributed by atoms with van der Waals surface area (Å²) in [6, 6.07) is 14.5. The van der Waals surface area contributed by atoms with Crippen molar-refractivity contribution in [2.75, 3.05) is 23.5 Å². The third-order valence-electron chi connectivity index (χ3n) is 4.19. The van der Waals surface area contributed by atoms with Gasteiger partial charge in [-0.1, -0.05) is 12.1 Å². The lowest BCUT2D eigenvalue weighted by atomic mass is 10.2. The number of nitrogens with one attached hydrogen (secondary N) is 2. The zero-order chi connectivity index (χ0) is 22.9. The number of nitrogens with zero attached hydrogens (tertiary/aromatic N) is 1. The van der Waals surface area contributed by atoms with Gasteiger partial charge in [0, 0.05) is 27.9 Å². The first-order valence-corrected chi connectivity index (χ1v) is 11.4. The number of aromatic nitrogens is 1. The fourth-order valence-electron chi connectivity index (χ4n) is 2.63. The highest BCUT2D eigenvalue weighted by Gasteiger charge is 2.10. The van der Waals surface area contributed by atoms with E-state index in [1.54, 1.807) is 31.4 Å². The summed E-state index contributed by atoms with van der Waals surface area (Å²) in [5.41, 5.74) is 2.24. The summed E-state index contributed by atoms with van der Waals surface area (Å²) in [5.74, 6) is -0.599. The van der Waals surface area contributed by atoms with Crippen LogP contribution in [-0.2, 0) is 14.4 Å². The number of amides is 2. The van der Waals surface area contributed by atoms with E-state index in [1.807, 2.05) is 29.6 Å². The summed E-state index contributed by atoms with van der Waals surface area (Å²) < 4.78 is 5.23. The van der Waals surface area contributed by atoms with Crippen LogP contribution in [0.1, 0.15) is 12.8 Å². The van der Waals surface area contributed by atoms with Crippen molar-refractivity contribution in [3.05, 3.63) is 53.9 Å². The molecule has 2 amide bonds. The molecule has 0 saturated heterocycles. The molecule has 10 heteroatoms. The number of hydrogen-bond acceptors (Lipinski definition) is 7. The van der Waals surface area contributed by atoms with E-state index in [4.69, 9.17) is 9.84 Å². The van der Waals surface area contributed by atoms with E-state index in [-0.39, 0.29) is 30.4 Å². The van der Waals surface area contributed by atoms with Gasteiger partial charge in [-0.2, -0.15) is 0 Å². The number of hydrogen-bond donors (Lipinski definition) is 3. The molecule has 2 aromatic carbocycles. The molecule has 0 aliphatic rings. The first kappa shape index (κ1) is 23.3. The standard InChI is InChI=1S/C22H21N3O5S2/c1-30-16-4-2-3-14(11-16)18-12-32-22(24-18)25-20(27)13-31-17-7-5-15(6-8-17)23-19(26)9-10-21(28)29/h2-8,11-12H,9-10,13H2,1H3,(H,23,26)(H,28,29)(H,24,25,27). The predicted octanol–water partition coefficient (Wildman–Crippen LogP) is 4.35. The molecule has 0 aliphatic heterocycles. The number of carboxylic acid groups (broad SMARTS) is 1. The zero-order valence-electron chi connectivity index (χ0n) is 17.2. The number of rotatable bonds is 10. The molecule has 0 unspecified atom stereocenters. The second kappa shape index (κ2) is 11.3.